The molecule has 3 fully saturated rings. The number of hydrogen-bond acceptors (Lipinski definition) is 3. The number of hydrogen-bond donors (Lipinski definition) is 1. The molecule has 0 radical (unpaired) electrons. The lowest BCUT2D eigenvalue weighted by Gasteiger charge is -2.38. The van der Waals surface area contributed by atoms with Gasteiger partial charge in [0.15, 0.2) is 0 Å². The van der Waals surface area contributed by atoms with Crippen molar-refractivity contribution in [1.29, 1.82) is 0 Å². The minimum absolute atomic E-state index is 0.0150. The normalized spacial score (nSPS) is 26.6. The number of nitrogens with one attached hydrogen (secondary N) is 1. The Morgan fingerprint density at radius 2 is 2.12 bits per heavy atom. The number of alkyl halides is 2. The van der Waals surface area contributed by atoms with E-state index in [1.165, 1.54) is 4.90 Å². The van der Waals surface area contributed by atoms with E-state index in [4.69, 9.17) is 4.74 Å². The molecule has 24 heavy (non-hydrogen) atoms. The summed E-state index contributed by atoms with van der Waals surface area (Å²) in [5.74, 6) is -2.94. The Hall–Kier alpha value is -1.50. The molecule has 2 heterocycles. The number of nitrogens with zero attached hydrogens (tertiary/aromatic N) is 2. The van der Waals surface area contributed by atoms with Crippen molar-refractivity contribution in [3.8, 4) is 0 Å². The first kappa shape index (κ1) is 16.0. The standard InChI is InChI=1S/C17H23F2N3O2/c18-17(19)5-6-22(8-13(17)10-24-9-11-1-2-11)16(23)15-7-14(20-21-15)12-3-4-12/h7,11-13H,1-6,8-10H2,(H,20,21). The van der Waals surface area contributed by atoms with E-state index in [0.717, 1.165) is 31.4 Å². The number of halogens is 2. The Labute approximate surface area is 139 Å². The lowest BCUT2D eigenvalue weighted by Crippen LogP contribution is -2.51. The maximum Gasteiger partial charge on any atom is 0.274 e. The topological polar surface area (TPSA) is 58.2 Å². The first-order valence-electron chi connectivity index (χ1n) is 8.83. The molecule has 0 spiro atoms. The van der Waals surface area contributed by atoms with Crippen LogP contribution in [0.3, 0.4) is 0 Å². The van der Waals surface area contributed by atoms with E-state index >= 15 is 0 Å². The highest BCUT2D eigenvalue weighted by molar-refractivity contribution is 5.92. The van der Waals surface area contributed by atoms with Crippen LogP contribution in [0.5, 0.6) is 0 Å². The molecule has 1 aliphatic heterocycles. The summed E-state index contributed by atoms with van der Waals surface area (Å²) < 4.78 is 33.7. The average Bonchev–Trinajstić information content (AvgIpc) is 3.48. The number of carbonyl (C=O) groups excluding carboxylic acids is 1. The third-order valence-corrected chi connectivity index (χ3v) is 5.24. The number of H-pyrrole nitrogens is 1. The molecule has 1 atom stereocenters. The van der Waals surface area contributed by atoms with Crippen molar-refractivity contribution in [2.75, 3.05) is 26.3 Å². The van der Waals surface area contributed by atoms with Crippen LogP contribution >= 0.6 is 0 Å². The summed E-state index contributed by atoms with van der Waals surface area (Å²) in [5.41, 5.74) is 1.31. The molecule has 1 aromatic heterocycles. The fourth-order valence-corrected chi connectivity index (χ4v) is 3.21. The van der Waals surface area contributed by atoms with Crippen LogP contribution in [0, 0.1) is 11.8 Å². The highest BCUT2D eigenvalue weighted by Gasteiger charge is 2.45. The number of piperidine rings is 1. The zero-order chi connectivity index (χ0) is 16.7. The first-order valence-corrected chi connectivity index (χ1v) is 8.83. The largest absolute Gasteiger partial charge is 0.381 e. The lowest BCUT2D eigenvalue weighted by molar-refractivity contribution is -0.122. The molecule has 1 amide bonds. The van der Waals surface area contributed by atoms with Gasteiger partial charge in [0.25, 0.3) is 11.8 Å². The third-order valence-electron chi connectivity index (χ3n) is 5.24. The molecular formula is C17H23F2N3O2. The molecule has 0 aromatic carbocycles. The summed E-state index contributed by atoms with van der Waals surface area (Å²) in [6.45, 7) is 0.671. The van der Waals surface area contributed by atoms with Gasteiger partial charge < -0.3 is 9.64 Å². The van der Waals surface area contributed by atoms with Crippen molar-refractivity contribution < 1.29 is 18.3 Å². The van der Waals surface area contributed by atoms with Gasteiger partial charge in [0, 0.05) is 37.7 Å². The number of aromatic amines is 1. The van der Waals surface area contributed by atoms with E-state index in [0.29, 0.717) is 24.1 Å². The van der Waals surface area contributed by atoms with Gasteiger partial charge in [0.2, 0.25) is 0 Å². The van der Waals surface area contributed by atoms with Crippen molar-refractivity contribution in [3.63, 3.8) is 0 Å². The van der Waals surface area contributed by atoms with E-state index in [2.05, 4.69) is 10.2 Å². The van der Waals surface area contributed by atoms with Gasteiger partial charge in [-0.25, -0.2) is 8.78 Å². The Bertz CT molecular complexity index is 611. The first-order chi connectivity index (χ1) is 11.5. The average molecular weight is 339 g/mol. The molecule has 1 saturated heterocycles. The van der Waals surface area contributed by atoms with Gasteiger partial charge in [-0.05, 0) is 37.7 Å². The van der Waals surface area contributed by atoms with Crippen LogP contribution < -0.4 is 0 Å². The second-order valence-electron chi connectivity index (χ2n) is 7.42. The predicted molar refractivity (Wildman–Crippen MR) is 83.1 cm³/mol. The molecule has 0 bridgehead atoms. The maximum atomic E-state index is 14.1. The second kappa shape index (κ2) is 6.10. The lowest BCUT2D eigenvalue weighted by atomic mass is 9.94. The Morgan fingerprint density at radius 1 is 1.33 bits per heavy atom. The van der Waals surface area contributed by atoms with Gasteiger partial charge in [-0.3, -0.25) is 9.89 Å². The number of aromatic nitrogens is 2. The smallest absolute Gasteiger partial charge is 0.274 e. The fourth-order valence-electron chi connectivity index (χ4n) is 3.21. The van der Waals surface area contributed by atoms with Gasteiger partial charge in [-0.2, -0.15) is 5.10 Å². The number of rotatable bonds is 6. The molecule has 4 rings (SSSR count). The van der Waals surface area contributed by atoms with E-state index in [9.17, 15) is 13.6 Å². The zero-order valence-corrected chi connectivity index (χ0v) is 13.6. The summed E-state index contributed by atoms with van der Waals surface area (Å²) in [4.78, 5) is 14.1. The summed E-state index contributed by atoms with van der Waals surface area (Å²) in [6, 6.07) is 1.77. The molecule has 1 aromatic rings. The highest BCUT2D eigenvalue weighted by atomic mass is 19.3. The Kier molecular flexibility index (Phi) is 4.06. The van der Waals surface area contributed by atoms with E-state index in [1.807, 2.05) is 0 Å². The molecule has 1 unspecified atom stereocenters. The van der Waals surface area contributed by atoms with Crippen LogP contribution in [-0.2, 0) is 4.74 Å². The van der Waals surface area contributed by atoms with Gasteiger partial charge in [0.05, 0.1) is 12.5 Å². The van der Waals surface area contributed by atoms with Crippen molar-refractivity contribution in [3.05, 3.63) is 17.5 Å². The number of ether oxygens (including phenoxy) is 1. The number of likely N-dealkylation sites (tertiary alicyclic amines) is 1. The summed E-state index contributed by atoms with van der Waals surface area (Å²) in [5, 5.41) is 6.97. The molecule has 2 aliphatic carbocycles. The van der Waals surface area contributed by atoms with E-state index in [1.54, 1.807) is 6.07 Å². The Balaban J connectivity index is 1.37. The molecular weight excluding hydrogens is 316 g/mol. The molecule has 2 saturated carbocycles. The van der Waals surface area contributed by atoms with E-state index in [-0.39, 0.29) is 32.0 Å². The van der Waals surface area contributed by atoms with Crippen molar-refractivity contribution in [2.24, 2.45) is 11.8 Å². The van der Waals surface area contributed by atoms with E-state index < -0.39 is 11.8 Å². The van der Waals surface area contributed by atoms with Gasteiger partial charge in [-0.1, -0.05) is 0 Å². The minimum atomic E-state index is -2.77. The van der Waals surface area contributed by atoms with Crippen LogP contribution in [0.1, 0.15) is 54.2 Å². The molecule has 7 heteroatoms. The van der Waals surface area contributed by atoms with Gasteiger partial charge in [0.1, 0.15) is 5.69 Å². The van der Waals surface area contributed by atoms with Crippen LogP contribution in [0.2, 0.25) is 0 Å². The Morgan fingerprint density at radius 3 is 2.83 bits per heavy atom. The fraction of sp³-hybridized carbons (Fsp3) is 0.765. The summed E-state index contributed by atoms with van der Waals surface area (Å²) >= 11 is 0. The van der Waals surface area contributed by atoms with Gasteiger partial charge >= 0.3 is 0 Å². The van der Waals surface area contributed by atoms with Gasteiger partial charge in [-0.15, -0.1) is 0 Å². The van der Waals surface area contributed by atoms with Crippen molar-refractivity contribution in [1.82, 2.24) is 15.1 Å². The zero-order valence-electron chi connectivity index (χ0n) is 13.6. The molecule has 1 N–H and O–H groups in total. The molecule has 132 valence electrons. The summed E-state index contributed by atoms with van der Waals surface area (Å²) in [7, 11) is 0. The monoisotopic (exact) mass is 339 g/mol. The predicted octanol–water partition coefficient (Wildman–Crippen LogP) is 2.81. The minimum Gasteiger partial charge on any atom is -0.381 e. The molecule has 3 aliphatic rings. The van der Waals surface area contributed by atoms with Crippen LogP contribution in [0.4, 0.5) is 8.78 Å². The van der Waals surface area contributed by atoms with Crippen LogP contribution in [0.15, 0.2) is 6.07 Å². The highest BCUT2D eigenvalue weighted by Crippen LogP contribution is 2.39. The van der Waals surface area contributed by atoms with Crippen molar-refractivity contribution in [2.45, 2.75) is 43.9 Å². The maximum absolute atomic E-state index is 14.1. The third kappa shape index (κ3) is 3.45. The summed E-state index contributed by atoms with van der Waals surface area (Å²) in [6.07, 6.45) is 4.19. The number of carbonyl (C=O) groups is 1. The van der Waals surface area contributed by atoms with Crippen molar-refractivity contribution >= 4 is 5.91 Å². The quantitative estimate of drug-likeness (QED) is 0.867. The number of amides is 1. The molecule has 5 nitrogen and oxygen atoms in total. The second-order valence-corrected chi connectivity index (χ2v) is 7.42. The van der Waals surface area contributed by atoms with Crippen LogP contribution in [-0.4, -0.2) is 53.2 Å². The van der Waals surface area contributed by atoms with Crippen LogP contribution in [0.25, 0.3) is 0 Å². The SMILES string of the molecule is O=C(c1cc(C2CC2)[nH]n1)N1CCC(F)(F)C(COCC2CC2)C1.